The molecule has 0 spiro atoms. The predicted octanol–water partition coefficient (Wildman–Crippen LogP) is 3.54. The van der Waals surface area contributed by atoms with Crippen molar-refractivity contribution < 1.29 is 9.47 Å². The normalized spacial score (nSPS) is 10.6. The zero-order valence-corrected chi connectivity index (χ0v) is 15.1. The molecule has 0 unspecified atom stereocenters. The van der Waals surface area contributed by atoms with Crippen LogP contribution in [0.3, 0.4) is 0 Å². The van der Waals surface area contributed by atoms with Crippen LogP contribution in [0.1, 0.15) is 12.5 Å². The Hall–Kier alpha value is -2.54. The number of para-hydroxylation sites is 3. The Kier molecular flexibility index (Phi) is 5.90. The standard InChI is InChI=1S/C18H20N4O2S/c1-3-23-17-11-7-5-9-15(17)22-18(19-20-21-22)25-13-12-24-16-10-6-4-8-14(16)2/h4-11H,3,12-13H2,1-2H3. The molecule has 0 N–H and O–H groups in total. The summed E-state index contributed by atoms with van der Waals surface area (Å²) in [6.45, 7) is 5.16. The van der Waals surface area contributed by atoms with E-state index >= 15 is 0 Å². The molecule has 25 heavy (non-hydrogen) atoms. The highest BCUT2D eigenvalue weighted by Crippen LogP contribution is 2.26. The van der Waals surface area contributed by atoms with Crippen molar-refractivity contribution in [3.05, 3.63) is 54.1 Å². The van der Waals surface area contributed by atoms with E-state index in [4.69, 9.17) is 9.47 Å². The lowest BCUT2D eigenvalue weighted by atomic mass is 10.2. The number of benzene rings is 2. The molecule has 1 heterocycles. The molecule has 3 aromatic rings. The van der Waals surface area contributed by atoms with Crippen molar-refractivity contribution in [3.8, 4) is 17.2 Å². The Balaban J connectivity index is 1.64. The molecular weight excluding hydrogens is 336 g/mol. The van der Waals surface area contributed by atoms with Crippen LogP contribution in [0.2, 0.25) is 0 Å². The minimum Gasteiger partial charge on any atom is -0.492 e. The summed E-state index contributed by atoms with van der Waals surface area (Å²) in [4.78, 5) is 0. The largest absolute Gasteiger partial charge is 0.492 e. The van der Waals surface area contributed by atoms with Crippen molar-refractivity contribution in [2.24, 2.45) is 0 Å². The van der Waals surface area contributed by atoms with Crippen LogP contribution in [0.15, 0.2) is 53.7 Å². The van der Waals surface area contributed by atoms with Gasteiger partial charge in [-0.1, -0.05) is 42.1 Å². The molecule has 0 aliphatic carbocycles. The Morgan fingerprint density at radius 1 is 1.00 bits per heavy atom. The number of aryl methyl sites for hydroxylation is 1. The monoisotopic (exact) mass is 356 g/mol. The maximum atomic E-state index is 5.82. The van der Waals surface area contributed by atoms with Gasteiger partial charge >= 0.3 is 0 Å². The molecule has 6 nitrogen and oxygen atoms in total. The van der Waals surface area contributed by atoms with Crippen LogP contribution in [0, 0.1) is 6.92 Å². The first-order chi connectivity index (χ1) is 12.3. The average molecular weight is 356 g/mol. The summed E-state index contributed by atoms with van der Waals surface area (Å²) < 4.78 is 13.2. The second-order valence-corrected chi connectivity index (χ2v) is 6.30. The second-order valence-electron chi connectivity index (χ2n) is 5.24. The number of rotatable bonds is 8. The van der Waals surface area contributed by atoms with E-state index in [0.717, 1.165) is 28.5 Å². The van der Waals surface area contributed by atoms with E-state index < -0.39 is 0 Å². The van der Waals surface area contributed by atoms with Gasteiger partial charge in [-0.2, -0.15) is 4.68 Å². The predicted molar refractivity (Wildman–Crippen MR) is 97.7 cm³/mol. The first-order valence-electron chi connectivity index (χ1n) is 8.11. The summed E-state index contributed by atoms with van der Waals surface area (Å²) in [6.07, 6.45) is 0. The first-order valence-corrected chi connectivity index (χ1v) is 9.10. The van der Waals surface area contributed by atoms with Gasteiger partial charge in [-0.15, -0.1) is 5.10 Å². The molecule has 0 fully saturated rings. The van der Waals surface area contributed by atoms with Gasteiger partial charge in [0.2, 0.25) is 5.16 Å². The fraction of sp³-hybridized carbons (Fsp3) is 0.278. The van der Waals surface area contributed by atoms with Gasteiger partial charge in [0, 0.05) is 5.75 Å². The van der Waals surface area contributed by atoms with Crippen LogP contribution in [0.25, 0.3) is 5.69 Å². The smallest absolute Gasteiger partial charge is 0.214 e. The third-order valence-corrected chi connectivity index (χ3v) is 4.38. The minimum absolute atomic E-state index is 0.579. The van der Waals surface area contributed by atoms with Crippen molar-refractivity contribution in [1.29, 1.82) is 0 Å². The van der Waals surface area contributed by atoms with Gasteiger partial charge in [-0.3, -0.25) is 0 Å². The number of tetrazole rings is 1. The van der Waals surface area contributed by atoms with Gasteiger partial charge in [-0.25, -0.2) is 0 Å². The number of thioether (sulfide) groups is 1. The molecule has 0 aliphatic rings. The third kappa shape index (κ3) is 4.30. The summed E-state index contributed by atoms with van der Waals surface area (Å²) in [7, 11) is 0. The molecule has 0 saturated heterocycles. The molecule has 1 aromatic heterocycles. The first kappa shape index (κ1) is 17.3. The van der Waals surface area contributed by atoms with E-state index in [1.807, 2.05) is 62.4 Å². The summed E-state index contributed by atoms with van der Waals surface area (Å²) in [5.41, 5.74) is 1.96. The van der Waals surface area contributed by atoms with Crippen molar-refractivity contribution >= 4 is 11.8 Å². The van der Waals surface area contributed by atoms with Gasteiger partial charge < -0.3 is 9.47 Å². The van der Waals surface area contributed by atoms with Crippen LogP contribution in [0.4, 0.5) is 0 Å². The maximum Gasteiger partial charge on any atom is 0.214 e. The molecule has 130 valence electrons. The number of nitrogens with zero attached hydrogens (tertiary/aromatic N) is 4. The van der Waals surface area contributed by atoms with Gasteiger partial charge in [0.1, 0.15) is 17.2 Å². The highest BCUT2D eigenvalue weighted by molar-refractivity contribution is 7.99. The molecule has 0 amide bonds. The lowest BCUT2D eigenvalue weighted by molar-refractivity contribution is 0.337. The van der Waals surface area contributed by atoms with Gasteiger partial charge in [0.05, 0.1) is 13.2 Å². The number of hydrogen-bond acceptors (Lipinski definition) is 6. The Labute approximate surface area is 151 Å². The molecule has 2 aromatic carbocycles. The van der Waals surface area contributed by atoms with Gasteiger partial charge in [-0.05, 0) is 48.0 Å². The highest BCUT2D eigenvalue weighted by Gasteiger charge is 2.13. The average Bonchev–Trinajstić information content (AvgIpc) is 3.09. The van der Waals surface area contributed by atoms with Gasteiger partial charge in [0.25, 0.3) is 0 Å². The molecule has 3 rings (SSSR count). The van der Waals surface area contributed by atoms with E-state index in [-0.39, 0.29) is 0 Å². The molecule has 0 bridgehead atoms. The Bertz CT molecular complexity index is 822. The van der Waals surface area contributed by atoms with Gasteiger partial charge in [0.15, 0.2) is 0 Å². The Morgan fingerprint density at radius 2 is 1.76 bits per heavy atom. The lowest BCUT2D eigenvalue weighted by Crippen LogP contribution is -2.05. The summed E-state index contributed by atoms with van der Waals surface area (Å²) in [6, 6.07) is 15.7. The molecule has 0 atom stereocenters. The fourth-order valence-corrected chi connectivity index (χ4v) is 3.03. The lowest BCUT2D eigenvalue weighted by Gasteiger charge is -2.11. The van der Waals surface area contributed by atoms with Crippen LogP contribution < -0.4 is 9.47 Å². The fourth-order valence-electron chi connectivity index (χ4n) is 2.33. The van der Waals surface area contributed by atoms with Crippen molar-refractivity contribution in [3.63, 3.8) is 0 Å². The minimum atomic E-state index is 0.579. The maximum absolute atomic E-state index is 5.82. The zero-order chi connectivity index (χ0) is 17.5. The SMILES string of the molecule is CCOc1ccccc1-n1nnnc1SCCOc1ccccc1C. The van der Waals surface area contributed by atoms with Crippen molar-refractivity contribution in [2.45, 2.75) is 19.0 Å². The van der Waals surface area contributed by atoms with E-state index in [0.29, 0.717) is 18.4 Å². The second kappa shape index (κ2) is 8.53. The molecule has 0 radical (unpaired) electrons. The van der Waals surface area contributed by atoms with Crippen molar-refractivity contribution in [1.82, 2.24) is 20.2 Å². The molecular formula is C18H20N4O2S. The zero-order valence-electron chi connectivity index (χ0n) is 14.3. The van der Waals surface area contributed by atoms with E-state index in [2.05, 4.69) is 15.5 Å². The topological polar surface area (TPSA) is 62.1 Å². The van der Waals surface area contributed by atoms with Crippen molar-refractivity contribution in [2.75, 3.05) is 19.0 Å². The van der Waals surface area contributed by atoms with Crippen LogP contribution in [0.5, 0.6) is 11.5 Å². The molecule has 0 aliphatic heterocycles. The summed E-state index contributed by atoms with van der Waals surface area (Å²) >= 11 is 1.55. The number of hydrogen-bond donors (Lipinski definition) is 0. The van der Waals surface area contributed by atoms with E-state index in [1.165, 1.54) is 0 Å². The quantitative estimate of drug-likeness (QED) is 0.454. The number of aromatic nitrogens is 4. The summed E-state index contributed by atoms with van der Waals surface area (Å²) in [5.74, 6) is 2.41. The summed E-state index contributed by atoms with van der Waals surface area (Å²) in [5, 5.41) is 12.7. The van der Waals surface area contributed by atoms with Crippen LogP contribution >= 0.6 is 11.8 Å². The van der Waals surface area contributed by atoms with Crippen LogP contribution in [-0.4, -0.2) is 39.2 Å². The molecule has 7 heteroatoms. The third-order valence-electron chi connectivity index (χ3n) is 3.50. The van der Waals surface area contributed by atoms with E-state index in [1.54, 1.807) is 16.4 Å². The highest BCUT2D eigenvalue weighted by atomic mass is 32.2. The number of ether oxygens (including phenoxy) is 2. The Morgan fingerprint density at radius 3 is 2.56 bits per heavy atom. The van der Waals surface area contributed by atoms with E-state index in [9.17, 15) is 0 Å². The van der Waals surface area contributed by atoms with Crippen LogP contribution in [-0.2, 0) is 0 Å². The molecule has 0 saturated carbocycles.